The van der Waals surface area contributed by atoms with Gasteiger partial charge >= 0.3 is 0 Å². The number of rotatable bonds is 3. The zero-order valence-electron chi connectivity index (χ0n) is 14.9. The SMILES string of the molecule is Cc1ccc2c(Nc3cccc(Cl)c3)c(C(=O)N3CCSCC3)cnc2n1. The Kier molecular flexibility index (Phi) is 5.18. The molecular formula is C20H19ClN4OS. The van der Waals surface area contributed by atoms with E-state index in [0.717, 1.165) is 47.1 Å². The first-order chi connectivity index (χ1) is 13.1. The number of nitrogens with one attached hydrogen (secondary N) is 1. The van der Waals surface area contributed by atoms with E-state index in [1.807, 2.05) is 60.0 Å². The lowest BCUT2D eigenvalue weighted by molar-refractivity contribution is 0.0773. The van der Waals surface area contributed by atoms with Crippen molar-refractivity contribution in [2.24, 2.45) is 0 Å². The molecule has 5 nitrogen and oxygen atoms in total. The van der Waals surface area contributed by atoms with E-state index in [9.17, 15) is 4.79 Å². The number of anilines is 2. The van der Waals surface area contributed by atoms with Gasteiger partial charge in [-0.1, -0.05) is 17.7 Å². The van der Waals surface area contributed by atoms with Crippen molar-refractivity contribution in [3.8, 4) is 0 Å². The largest absolute Gasteiger partial charge is 0.354 e. The number of aryl methyl sites for hydroxylation is 1. The topological polar surface area (TPSA) is 58.1 Å². The number of fused-ring (bicyclic) bond motifs is 1. The molecule has 0 spiro atoms. The Hall–Kier alpha value is -2.31. The summed E-state index contributed by atoms with van der Waals surface area (Å²) in [6.45, 7) is 3.43. The molecule has 1 saturated heterocycles. The van der Waals surface area contributed by atoms with Crippen molar-refractivity contribution < 1.29 is 4.79 Å². The number of pyridine rings is 2. The van der Waals surface area contributed by atoms with Crippen LogP contribution in [0.5, 0.6) is 0 Å². The van der Waals surface area contributed by atoms with Crippen molar-refractivity contribution in [1.29, 1.82) is 0 Å². The summed E-state index contributed by atoms with van der Waals surface area (Å²) in [4.78, 5) is 24.0. The Morgan fingerprint density at radius 3 is 2.81 bits per heavy atom. The van der Waals surface area contributed by atoms with Crippen LogP contribution in [0.25, 0.3) is 11.0 Å². The maximum atomic E-state index is 13.2. The second-order valence-electron chi connectivity index (χ2n) is 6.41. The minimum atomic E-state index is -0.00481. The normalized spacial score (nSPS) is 14.4. The van der Waals surface area contributed by atoms with Crippen LogP contribution in [0.3, 0.4) is 0 Å². The molecule has 0 aliphatic carbocycles. The number of nitrogens with zero attached hydrogens (tertiary/aromatic N) is 3. The van der Waals surface area contributed by atoms with E-state index >= 15 is 0 Å². The standard InChI is InChI=1S/C20H19ClN4OS/c1-13-5-6-16-18(24-15-4-2-3-14(21)11-15)17(12-22-19(16)23-13)20(26)25-7-9-27-10-8-25/h2-6,11-12H,7-10H2,1H3,(H,22,23,24). The van der Waals surface area contributed by atoms with Gasteiger partial charge in [-0.05, 0) is 37.3 Å². The number of hydrogen-bond donors (Lipinski definition) is 1. The fraction of sp³-hybridized carbons (Fsp3) is 0.250. The van der Waals surface area contributed by atoms with Crippen molar-refractivity contribution >= 4 is 51.7 Å². The summed E-state index contributed by atoms with van der Waals surface area (Å²) >= 11 is 8.01. The summed E-state index contributed by atoms with van der Waals surface area (Å²) in [7, 11) is 0. The number of carbonyl (C=O) groups is 1. The molecule has 0 unspecified atom stereocenters. The van der Waals surface area contributed by atoms with Gasteiger partial charge in [-0.3, -0.25) is 4.79 Å². The van der Waals surface area contributed by atoms with E-state index in [4.69, 9.17) is 11.6 Å². The molecule has 138 valence electrons. The minimum absolute atomic E-state index is 0.00481. The van der Waals surface area contributed by atoms with Gasteiger partial charge < -0.3 is 10.2 Å². The molecule has 3 heterocycles. The average molecular weight is 399 g/mol. The third-order valence-electron chi connectivity index (χ3n) is 4.49. The Labute approximate surface area is 167 Å². The van der Waals surface area contributed by atoms with Crippen LogP contribution in [0.2, 0.25) is 5.02 Å². The number of benzene rings is 1. The summed E-state index contributed by atoms with van der Waals surface area (Å²) < 4.78 is 0. The second kappa shape index (κ2) is 7.74. The molecule has 1 aliphatic rings. The van der Waals surface area contributed by atoms with Gasteiger partial charge in [0.2, 0.25) is 0 Å². The lowest BCUT2D eigenvalue weighted by Gasteiger charge is -2.27. The third kappa shape index (κ3) is 3.87. The molecule has 1 N–H and O–H groups in total. The molecule has 1 amide bonds. The average Bonchev–Trinajstić information content (AvgIpc) is 2.68. The first-order valence-corrected chi connectivity index (χ1v) is 10.3. The van der Waals surface area contributed by atoms with Gasteiger partial charge in [0.05, 0.1) is 11.3 Å². The third-order valence-corrected chi connectivity index (χ3v) is 5.67. The zero-order valence-corrected chi connectivity index (χ0v) is 16.5. The molecule has 1 aromatic carbocycles. The molecule has 2 aromatic heterocycles. The highest BCUT2D eigenvalue weighted by Gasteiger charge is 2.23. The summed E-state index contributed by atoms with van der Waals surface area (Å²) in [5.74, 6) is 1.92. The fourth-order valence-electron chi connectivity index (χ4n) is 3.12. The smallest absolute Gasteiger partial charge is 0.257 e. The number of carbonyl (C=O) groups excluding carboxylic acids is 1. The van der Waals surface area contributed by atoms with Gasteiger partial charge in [0.25, 0.3) is 5.91 Å². The fourth-order valence-corrected chi connectivity index (χ4v) is 4.21. The predicted molar refractivity (Wildman–Crippen MR) is 112 cm³/mol. The number of thioether (sulfide) groups is 1. The maximum Gasteiger partial charge on any atom is 0.257 e. The van der Waals surface area contributed by atoms with E-state index in [0.29, 0.717) is 16.2 Å². The van der Waals surface area contributed by atoms with Crippen LogP contribution in [-0.2, 0) is 0 Å². The van der Waals surface area contributed by atoms with Crippen LogP contribution in [0.1, 0.15) is 16.1 Å². The molecule has 0 bridgehead atoms. The second-order valence-corrected chi connectivity index (χ2v) is 8.07. The Morgan fingerprint density at radius 1 is 1.22 bits per heavy atom. The number of hydrogen-bond acceptors (Lipinski definition) is 5. The monoisotopic (exact) mass is 398 g/mol. The maximum absolute atomic E-state index is 13.2. The van der Waals surface area contributed by atoms with Crippen LogP contribution in [0, 0.1) is 6.92 Å². The highest BCUT2D eigenvalue weighted by atomic mass is 35.5. The van der Waals surface area contributed by atoms with Gasteiger partial charge in [0, 0.05) is 52.6 Å². The van der Waals surface area contributed by atoms with Crippen LogP contribution in [0.4, 0.5) is 11.4 Å². The van der Waals surface area contributed by atoms with Crippen molar-refractivity contribution in [3.05, 3.63) is 58.9 Å². The van der Waals surface area contributed by atoms with Gasteiger partial charge in [0.1, 0.15) is 0 Å². The van der Waals surface area contributed by atoms with Crippen molar-refractivity contribution in [1.82, 2.24) is 14.9 Å². The van der Waals surface area contributed by atoms with Gasteiger partial charge in [-0.25, -0.2) is 9.97 Å². The first-order valence-electron chi connectivity index (χ1n) is 8.78. The first kappa shape index (κ1) is 18.1. The quantitative estimate of drug-likeness (QED) is 0.702. The van der Waals surface area contributed by atoms with E-state index in [1.165, 1.54) is 0 Å². The molecule has 0 atom stereocenters. The Morgan fingerprint density at radius 2 is 2.04 bits per heavy atom. The minimum Gasteiger partial charge on any atom is -0.354 e. The molecule has 4 rings (SSSR count). The molecule has 7 heteroatoms. The highest BCUT2D eigenvalue weighted by Crippen LogP contribution is 2.31. The predicted octanol–water partition coefficient (Wildman–Crippen LogP) is 4.52. The molecule has 0 radical (unpaired) electrons. The van der Waals surface area contributed by atoms with Gasteiger partial charge in [-0.15, -0.1) is 0 Å². The summed E-state index contributed by atoms with van der Waals surface area (Å²) in [6, 6.07) is 11.3. The van der Waals surface area contributed by atoms with Crippen molar-refractivity contribution in [3.63, 3.8) is 0 Å². The number of amides is 1. The van der Waals surface area contributed by atoms with Gasteiger partial charge in [-0.2, -0.15) is 11.8 Å². The van der Waals surface area contributed by atoms with Crippen LogP contribution >= 0.6 is 23.4 Å². The molecule has 0 saturated carbocycles. The lowest BCUT2D eigenvalue weighted by atomic mass is 10.1. The zero-order chi connectivity index (χ0) is 18.8. The summed E-state index contributed by atoms with van der Waals surface area (Å²) in [6.07, 6.45) is 1.63. The van der Waals surface area contributed by atoms with Crippen LogP contribution < -0.4 is 5.32 Å². The highest BCUT2D eigenvalue weighted by molar-refractivity contribution is 7.99. The summed E-state index contributed by atoms with van der Waals surface area (Å²) in [5.41, 5.74) is 3.60. The van der Waals surface area contributed by atoms with E-state index in [1.54, 1.807) is 6.20 Å². The van der Waals surface area contributed by atoms with Gasteiger partial charge in [0.15, 0.2) is 5.65 Å². The molecule has 1 aliphatic heterocycles. The number of aromatic nitrogens is 2. The summed E-state index contributed by atoms with van der Waals surface area (Å²) in [5, 5.41) is 4.83. The molecule has 3 aromatic rings. The Balaban J connectivity index is 1.82. The van der Waals surface area contributed by atoms with Crippen LogP contribution in [0.15, 0.2) is 42.6 Å². The number of halogens is 1. The van der Waals surface area contributed by atoms with Crippen LogP contribution in [-0.4, -0.2) is 45.4 Å². The van der Waals surface area contributed by atoms with E-state index in [-0.39, 0.29) is 5.91 Å². The van der Waals surface area contributed by atoms with Crippen molar-refractivity contribution in [2.45, 2.75) is 6.92 Å². The molecule has 1 fully saturated rings. The molecular weight excluding hydrogens is 380 g/mol. The van der Waals surface area contributed by atoms with E-state index in [2.05, 4.69) is 15.3 Å². The van der Waals surface area contributed by atoms with E-state index < -0.39 is 0 Å². The Bertz CT molecular complexity index is 1000. The van der Waals surface area contributed by atoms with Crippen molar-refractivity contribution in [2.75, 3.05) is 29.9 Å². The molecule has 27 heavy (non-hydrogen) atoms. The lowest BCUT2D eigenvalue weighted by Crippen LogP contribution is -2.38.